The minimum absolute atomic E-state index is 0.0770. The van der Waals surface area contributed by atoms with Crippen LogP contribution in [0.15, 0.2) is 28.7 Å². The van der Waals surface area contributed by atoms with Crippen LogP contribution in [0.4, 0.5) is 0 Å². The van der Waals surface area contributed by atoms with Crippen molar-refractivity contribution in [3.05, 3.63) is 30.2 Å². The summed E-state index contributed by atoms with van der Waals surface area (Å²) in [6, 6.07) is 8.03. The summed E-state index contributed by atoms with van der Waals surface area (Å²) < 4.78 is 6.01. The van der Waals surface area contributed by atoms with Crippen molar-refractivity contribution in [2.45, 2.75) is 56.4 Å². The fourth-order valence-corrected chi connectivity index (χ4v) is 4.03. The van der Waals surface area contributed by atoms with E-state index in [1.165, 1.54) is 19.3 Å². The van der Waals surface area contributed by atoms with Crippen LogP contribution in [-0.4, -0.2) is 30.0 Å². The van der Waals surface area contributed by atoms with Gasteiger partial charge in [0.05, 0.1) is 0 Å². The third kappa shape index (κ3) is 2.81. The molecule has 0 spiro atoms. The smallest absolute Gasteiger partial charge is 0.237 e. The molecule has 2 fully saturated rings. The third-order valence-electron chi connectivity index (χ3n) is 5.46. The Kier molecular flexibility index (Phi) is 4.27. The fraction of sp³-hybridized carbons (Fsp3) is 0.579. The molecule has 0 unspecified atom stereocenters. The first-order chi connectivity index (χ1) is 11.8. The van der Waals surface area contributed by atoms with Gasteiger partial charge in [-0.2, -0.15) is 0 Å². The zero-order chi connectivity index (χ0) is 16.4. The zero-order valence-corrected chi connectivity index (χ0v) is 14.0. The summed E-state index contributed by atoms with van der Waals surface area (Å²) in [6.07, 6.45) is 7.61. The first-order valence-corrected chi connectivity index (χ1v) is 9.16. The van der Waals surface area contributed by atoms with Crippen molar-refractivity contribution in [2.75, 3.05) is 13.1 Å². The van der Waals surface area contributed by atoms with Crippen molar-refractivity contribution < 1.29 is 9.21 Å². The molecular formula is C19H25N3O2. The lowest BCUT2D eigenvalue weighted by atomic mass is 9.79. The van der Waals surface area contributed by atoms with E-state index in [2.05, 4.69) is 15.6 Å². The molecule has 1 saturated carbocycles. The highest BCUT2D eigenvalue weighted by atomic mass is 16.4. The van der Waals surface area contributed by atoms with E-state index in [9.17, 15) is 4.79 Å². The Bertz CT molecular complexity index is 679. The van der Waals surface area contributed by atoms with Crippen LogP contribution in [0, 0.1) is 0 Å². The van der Waals surface area contributed by atoms with E-state index in [4.69, 9.17) is 4.42 Å². The molecule has 5 heteroatoms. The van der Waals surface area contributed by atoms with Crippen LogP contribution in [0.25, 0.3) is 11.1 Å². The van der Waals surface area contributed by atoms with Gasteiger partial charge in [-0.05, 0) is 44.4 Å². The van der Waals surface area contributed by atoms with E-state index in [1.807, 2.05) is 24.3 Å². The van der Waals surface area contributed by atoms with Crippen molar-refractivity contribution >= 4 is 17.0 Å². The van der Waals surface area contributed by atoms with Gasteiger partial charge in [0.2, 0.25) is 11.8 Å². The number of para-hydroxylation sites is 2. The number of aromatic nitrogens is 1. The topological polar surface area (TPSA) is 67.2 Å². The van der Waals surface area contributed by atoms with Crippen LogP contribution < -0.4 is 10.6 Å². The van der Waals surface area contributed by atoms with Gasteiger partial charge in [-0.1, -0.05) is 31.4 Å². The molecule has 24 heavy (non-hydrogen) atoms. The largest absolute Gasteiger partial charge is 0.439 e. The number of carbonyl (C=O) groups excluding carboxylic acids is 1. The second-order valence-electron chi connectivity index (χ2n) is 7.16. The summed E-state index contributed by atoms with van der Waals surface area (Å²) in [5.41, 5.74) is 0.889. The highest BCUT2D eigenvalue weighted by Crippen LogP contribution is 2.34. The minimum atomic E-state index is -0.686. The number of carbonyl (C=O) groups is 1. The molecule has 2 aromatic rings. The average molecular weight is 327 g/mol. The molecule has 0 radical (unpaired) electrons. The number of nitrogens with zero attached hydrogens (tertiary/aromatic N) is 1. The number of fused-ring (bicyclic) bond motifs is 1. The fourth-order valence-electron chi connectivity index (χ4n) is 4.03. The zero-order valence-electron chi connectivity index (χ0n) is 14.0. The van der Waals surface area contributed by atoms with Crippen molar-refractivity contribution in [3.8, 4) is 0 Å². The Hall–Kier alpha value is -1.88. The maximum atomic E-state index is 13.2. The quantitative estimate of drug-likeness (QED) is 0.909. The van der Waals surface area contributed by atoms with E-state index in [0.717, 1.165) is 43.3 Å². The number of nitrogens with one attached hydrogen (secondary N) is 2. The van der Waals surface area contributed by atoms with E-state index in [0.29, 0.717) is 18.5 Å². The van der Waals surface area contributed by atoms with Crippen LogP contribution in [0.2, 0.25) is 0 Å². The molecule has 1 aromatic heterocycles. The minimum Gasteiger partial charge on any atom is -0.439 e. The molecule has 1 aliphatic heterocycles. The summed E-state index contributed by atoms with van der Waals surface area (Å²) >= 11 is 0. The standard InChI is InChI=1S/C19H25N3O2/c23-17(21-14-7-2-1-3-8-14)19(11-6-12-20-13-19)18-22-15-9-4-5-10-16(15)24-18/h4-5,9-10,14,20H,1-3,6-8,11-13H2,(H,21,23)/t19-/m1/s1. The summed E-state index contributed by atoms with van der Waals surface area (Å²) in [4.78, 5) is 17.9. The Balaban J connectivity index is 1.65. The number of amides is 1. The van der Waals surface area contributed by atoms with Gasteiger partial charge in [-0.15, -0.1) is 0 Å². The van der Waals surface area contributed by atoms with Crippen molar-refractivity contribution in [3.63, 3.8) is 0 Å². The van der Waals surface area contributed by atoms with Gasteiger partial charge in [-0.25, -0.2) is 4.98 Å². The molecule has 1 amide bonds. The van der Waals surface area contributed by atoms with Gasteiger partial charge in [0.25, 0.3) is 0 Å². The molecule has 2 N–H and O–H groups in total. The molecule has 2 aliphatic rings. The van der Waals surface area contributed by atoms with Crippen LogP contribution in [0.1, 0.15) is 50.8 Å². The molecule has 1 atom stereocenters. The number of piperidine rings is 1. The molecular weight excluding hydrogens is 302 g/mol. The number of hydrogen-bond donors (Lipinski definition) is 2. The van der Waals surface area contributed by atoms with Crippen LogP contribution >= 0.6 is 0 Å². The molecule has 1 saturated heterocycles. The highest BCUT2D eigenvalue weighted by molar-refractivity contribution is 5.88. The number of oxazole rings is 1. The number of hydrogen-bond acceptors (Lipinski definition) is 4. The predicted octanol–water partition coefficient (Wildman–Crippen LogP) is 2.90. The molecule has 128 valence electrons. The third-order valence-corrected chi connectivity index (χ3v) is 5.46. The maximum Gasteiger partial charge on any atom is 0.237 e. The lowest BCUT2D eigenvalue weighted by molar-refractivity contribution is -0.129. The molecule has 0 bridgehead atoms. The average Bonchev–Trinajstić information content (AvgIpc) is 3.08. The lowest BCUT2D eigenvalue weighted by Crippen LogP contribution is -2.56. The van der Waals surface area contributed by atoms with E-state index >= 15 is 0 Å². The lowest BCUT2D eigenvalue weighted by Gasteiger charge is -2.35. The van der Waals surface area contributed by atoms with Crippen molar-refractivity contribution in [2.24, 2.45) is 0 Å². The van der Waals surface area contributed by atoms with E-state index in [1.54, 1.807) is 0 Å². The first-order valence-electron chi connectivity index (χ1n) is 9.16. The maximum absolute atomic E-state index is 13.2. The van der Waals surface area contributed by atoms with Gasteiger partial charge in [0.15, 0.2) is 5.58 Å². The van der Waals surface area contributed by atoms with Crippen molar-refractivity contribution in [1.29, 1.82) is 0 Å². The molecule has 5 nitrogen and oxygen atoms in total. The Morgan fingerprint density at radius 3 is 2.79 bits per heavy atom. The van der Waals surface area contributed by atoms with Gasteiger partial charge >= 0.3 is 0 Å². The van der Waals surface area contributed by atoms with Crippen LogP contribution in [0.5, 0.6) is 0 Å². The van der Waals surface area contributed by atoms with E-state index in [-0.39, 0.29) is 5.91 Å². The van der Waals surface area contributed by atoms with Crippen LogP contribution in [0.3, 0.4) is 0 Å². The summed E-state index contributed by atoms with van der Waals surface area (Å²) in [5.74, 6) is 0.636. The van der Waals surface area contributed by atoms with E-state index < -0.39 is 5.41 Å². The van der Waals surface area contributed by atoms with Crippen LogP contribution in [-0.2, 0) is 10.2 Å². The molecule has 2 heterocycles. The van der Waals surface area contributed by atoms with Gasteiger partial charge in [0, 0.05) is 12.6 Å². The van der Waals surface area contributed by atoms with Gasteiger partial charge in [0.1, 0.15) is 10.9 Å². The summed E-state index contributed by atoms with van der Waals surface area (Å²) in [7, 11) is 0. The Morgan fingerprint density at radius 2 is 2.04 bits per heavy atom. The number of benzene rings is 1. The summed E-state index contributed by atoms with van der Waals surface area (Å²) in [5, 5.41) is 6.67. The Labute approximate surface area is 142 Å². The summed E-state index contributed by atoms with van der Waals surface area (Å²) in [6.45, 7) is 1.54. The van der Waals surface area contributed by atoms with Crippen molar-refractivity contribution in [1.82, 2.24) is 15.6 Å². The SMILES string of the molecule is O=C(NC1CCCCC1)[C@@]1(c2nc3ccccc3o2)CCCNC1. The molecule has 1 aliphatic carbocycles. The van der Waals surface area contributed by atoms with Gasteiger partial charge < -0.3 is 15.1 Å². The second kappa shape index (κ2) is 6.55. The second-order valence-corrected chi connectivity index (χ2v) is 7.16. The predicted molar refractivity (Wildman–Crippen MR) is 92.8 cm³/mol. The van der Waals surface area contributed by atoms with Gasteiger partial charge in [-0.3, -0.25) is 4.79 Å². The molecule has 1 aromatic carbocycles. The Morgan fingerprint density at radius 1 is 1.21 bits per heavy atom. The highest BCUT2D eigenvalue weighted by Gasteiger charge is 2.46. The monoisotopic (exact) mass is 327 g/mol. The number of rotatable bonds is 3. The normalized spacial score (nSPS) is 25.7. The first kappa shape index (κ1) is 15.6. The molecule has 4 rings (SSSR count).